The van der Waals surface area contributed by atoms with Crippen LogP contribution in [0, 0.1) is 11.8 Å². The van der Waals surface area contributed by atoms with Crippen molar-refractivity contribution in [1.82, 2.24) is 0 Å². The topological polar surface area (TPSA) is 17.1 Å². The van der Waals surface area contributed by atoms with Gasteiger partial charge in [-0.15, -0.1) is 0 Å². The quantitative estimate of drug-likeness (QED) is 0.602. The Morgan fingerprint density at radius 3 is 2.50 bits per heavy atom. The molecular formula is C15H24O. The van der Waals surface area contributed by atoms with E-state index in [0.717, 1.165) is 25.7 Å². The van der Waals surface area contributed by atoms with Gasteiger partial charge in [0, 0.05) is 5.92 Å². The van der Waals surface area contributed by atoms with E-state index in [4.69, 9.17) is 0 Å². The van der Waals surface area contributed by atoms with Gasteiger partial charge in [-0.3, -0.25) is 4.79 Å². The highest BCUT2D eigenvalue weighted by molar-refractivity contribution is 5.92. The van der Waals surface area contributed by atoms with E-state index in [2.05, 4.69) is 33.8 Å². The number of allylic oxidation sites excluding steroid dienone is 4. The lowest BCUT2D eigenvalue weighted by atomic mass is 9.84. The van der Waals surface area contributed by atoms with Crippen molar-refractivity contribution in [3.8, 4) is 0 Å². The van der Waals surface area contributed by atoms with Crippen molar-refractivity contribution in [2.75, 3.05) is 0 Å². The number of hydrogen-bond acceptors (Lipinski definition) is 1. The molecule has 1 heteroatoms. The first-order valence-corrected chi connectivity index (χ1v) is 6.37. The second kappa shape index (κ2) is 6.03. The van der Waals surface area contributed by atoms with E-state index in [0.29, 0.717) is 11.7 Å². The Bertz CT molecular complexity index is 307. The molecule has 1 rings (SSSR count). The van der Waals surface area contributed by atoms with Gasteiger partial charge in [0.2, 0.25) is 0 Å². The van der Waals surface area contributed by atoms with Crippen LogP contribution in [0.25, 0.3) is 0 Å². The summed E-state index contributed by atoms with van der Waals surface area (Å²) in [6, 6.07) is 0. The highest BCUT2D eigenvalue weighted by atomic mass is 16.1. The molecule has 0 fully saturated rings. The average molecular weight is 220 g/mol. The van der Waals surface area contributed by atoms with Crippen molar-refractivity contribution >= 4 is 5.78 Å². The minimum atomic E-state index is 0.205. The van der Waals surface area contributed by atoms with Crippen molar-refractivity contribution in [3.05, 3.63) is 23.3 Å². The molecule has 0 bridgehead atoms. The molecule has 90 valence electrons. The molecule has 1 aliphatic carbocycles. The third-order valence-electron chi connectivity index (χ3n) is 3.44. The summed E-state index contributed by atoms with van der Waals surface area (Å²) in [7, 11) is 0. The number of ketones is 1. The number of rotatable bonds is 1. The average Bonchev–Trinajstić information content (AvgIpc) is 2.16. The SMILES string of the molecule is C/C1=C\C(=O)[C@@H](C(C)C)CC/C(C)=C/CC1. The Balaban J connectivity index is 2.85. The van der Waals surface area contributed by atoms with E-state index < -0.39 is 0 Å². The minimum Gasteiger partial charge on any atom is -0.295 e. The van der Waals surface area contributed by atoms with Gasteiger partial charge in [-0.1, -0.05) is 31.1 Å². The standard InChI is InChI=1S/C15H24O/c1-11(2)14-9-8-12(3)6-5-7-13(4)10-15(14)16/h6,10-11,14H,5,7-9H2,1-4H3/b12-6+,13-10+/t14-/m1/s1. The van der Waals surface area contributed by atoms with Gasteiger partial charge in [0.1, 0.15) is 0 Å². The largest absolute Gasteiger partial charge is 0.295 e. The van der Waals surface area contributed by atoms with E-state index in [-0.39, 0.29) is 5.92 Å². The second-order valence-corrected chi connectivity index (χ2v) is 5.37. The summed E-state index contributed by atoms with van der Waals surface area (Å²) in [5.41, 5.74) is 2.66. The van der Waals surface area contributed by atoms with Gasteiger partial charge in [-0.2, -0.15) is 0 Å². The molecule has 0 aromatic rings. The van der Waals surface area contributed by atoms with E-state index in [1.807, 2.05) is 6.08 Å². The number of carbonyl (C=O) groups excluding carboxylic acids is 1. The molecule has 1 aliphatic rings. The van der Waals surface area contributed by atoms with Crippen molar-refractivity contribution in [2.24, 2.45) is 11.8 Å². The van der Waals surface area contributed by atoms with Crippen LogP contribution in [0.5, 0.6) is 0 Å². The van der Waals surface area contributed by atoms with Crippen LogP contribution in [-0.4, -0.2) is 5.78 Å². The van der Waals surface area contributed by atoms with E-state index in [1.54, 1.807) is 0 Å². The normalized spacial score (nSPS) is 30.6. The van der Waals surface area contributed by atoms with Crippen molar-refractivity contribution in [2.45, 2.75) is 53.4 Å². The van der Waals surface area contributed by atoms with E-state index >= 15 is 0 Å². The molecule has 0 aromatic carbocycles. The third-order valence-corrected chi connectivity index (χ3v) is 3.44. The Kier molecular flexibility index (Phi) is 4.98. The van der Waals surface area contributed by atoms with Crippen LogP contribution in [-0.2, 0) is 4.79 Å². The number of hydrogen-bond donors (Lipinski definition) is 0. The first-order valence-electron chi connectivity index (χ1n) is 6.37. The maximum atomic E-state index is 12.1. The lowest BCUT2D eigenvalue weighted by Gasteiger charge is -2.19. The summed E-state index contributed by atoms with van der Waals surface area (Å²) in [4.78, 5) is 12.1. The zero-order valence-electron chi connectivity index (χ0n) is 11.0. The molecule has 0 heterocycles. The molecule has 0 radical (unpaired) electrons. The highest BCUT2D eigenvalue weighted by Crippen LogP contribution is 2.24. The van der Waals surface area contributed by atoms with E-state index in [1.165, 1.54) is 11.1 Å². The fraction of sp³-hybridized carbons (Fsp3) is 0.667. The summed E-state index contributed by atoms with van der Waals surface area (Å²) >= 11 is 0. The molecule has 0 unspecified atom stereocenters. The molecular weight excluding hydrogens is 196 g/mol. The predicted octanol–water partition coefficient (Wildman–Crippen LogP) is 4.29. The molecule has 0 amide bonds. The Hall–Kier alpha value is -0.850. The summed E-state index contributed by atoms with van der Waals surface area (Å²) < 4.78 is 0. The monoisotopic (exact) mass is 220 g/mol. The van der Waals surface area contributed by atoms with Crippen LogP contribution in [0.15, 0.2) is 23.3 Å². The Morgan fingerprint density at radius 2 is 1.88 bits per heavy atom. The fourth-order valence-corrected chi connectivity index (χ4v) is 2.26. The zero-order chi connectivity index (χ0) is 12.1. The fourth-order valence-electron chi connectivity index (χ4n) is 2.26. The first-order chi connectivity index (χ1) is 7.50. The van der Waals surface area contributed by atoms with Crippen molar-refractivity contribution in [1.29, 1.82) is 0 Å². The maximum Gasteiger partial charge on any atom is 0.158 e. The van der Waals surface area contributed by atoms with Crippen LogP contribution in [0.1, 0.15) is 53.4 Å². The van der Waals surface area contributed by atoms with Gasteiger partial charge in [-0.05, 0) is 51.5 Å². The third kappa shape index (κ3) is 3.96. The maximum absolute atomic E-state index is 12.1. The van der Waals surface area contributed by atoms with Gasteiger partial charge < -0.3 is 0 Å². The highest BCUT2D eigenvalue weighted by Gasteiger charge is 2.20. The first kappa shape index (κ1) is 13.2. The van der Waals surface area contributed by atoms with Crippen LogP contribution < -0.4 is 0 Å². The predicted molar refractivity (Wildman–Crippen MR) is 69.3 cm³/mol. The summed E-state index contributed by atoms with van der Waals surface area (Å²) in [5, 5.41) is 0. The summed E-state index contributed by atoms with van der Waals surface area (Å²) in [6.45, 7) is 8.55. The Morgan fingerprint density at radius 1 is 1.19 bits per heavy atom. The van der Waals surface area contributed by atoms with Crippen molar-refractivity contribution in [3.63, 3.8) is 0 Å². The smallest absolute Gasteiger partial charge is 0.158 e. The molecule has 16 heavy (non-hydrogen) atoms. The van der Waals surface area contributed by atoms with Crippen LogP contribution in [0.2, 0.25) is 0 Å². The second-order valence-electron chi connectivity index (χ2n) is 5.37. The van der Waals surface area contributed by atoms with Crippen LogP contribution in [0.4, 0.5) is 0 Å². The lowest BCUT2D eigenvalue weighted by Crippen LogP contribution is -2.19. The molecule has 1 atom stereocenters. The molecule has 0 saturated heterocycles. The molecule has 0 aromatic heterocycles. The number of carbonyl (C=O) groups is 1. The minimum absolute atomic E-state index is 0.205. The molecule has 0 N–H and O–H groups in total. The molecule has 0 aliphatic heterocycles. The van der Waals surface area contributed by atoms with Crippen molar-refractivity contribution < 1.29 is 4.79 Å². The van der Waals surface area contributed by atoms with Crippen LogP contribution in [0.3, 0.4) is 0 Å². The van der Waals surface area contributed by atoms with Gasteiger partial charge in [0.15, 0.2) is 5.78 Å². The summed E-state index contributed by atoms with van der Waals surface area (Å²) in [6.07, 6.45) is 8.37. The van der Waals surface area contributed by atoms with Gasteiger partial charge in [-0.25, -0.2) is 0 Å². The summed E-state index contributed by atoms with van der Waals surface area (Å²) in [5.74, 6) is 0.988. The van der Waals surface area contributed by atoms with Gasteiger partial charge >= 0.3 is 0 Å². The lowest BCUT2D eigenvalue weighted by molar-refractivity contribution is -0.119. The molecule has 0 saturated carbocycles. The van der Waals surface area contributed by atoms with Crippen LogP contribution >= 0.6 is 0 Å². The van der Waals surface area contributed by atoms with Gasteiger partial charge in [0.05, 0.1) is 0 Å². The van der Waals surface area contributed by atoms with E-state index in [9.17, 15) is 4.79 Å². The Labute approximate surface area is 99.6 Å². The zero-order valence-corrected chi connectivity index (χ0v) is 11.0. The molecule has 1 nitrogen and oxygen atoms in total. The molecule has 0 spiro atoms. The van der Waals surface area contributed by atoms with Gasteiger partial charge in [0.25, 0.3) is 0 Å².